The molecule has 21 heavy (non-hydrogen) atoms. The second-order valence-electron chi connectivity index (χ2n) is 6.54. The quantitative estimate of drug-likeness (QED) is 0.937. The van der Waals surface area contributed by atoms with Crippen LogP contribution in [0, 0.1) is 5.41 Å². The molecule has 0 saturated carbocycles. The number of methoxy groups -OCH3 is 1. The van der Waals surface area contributed by atoms with Gasteiger partial charge in [-0.2, -0.15) is 4.98 Å². The van der Waals surface area contributed by atoms with E-state index in [4.69, 9.17) is 15.0 Å². The number of ether oxygens (including phenoxy) is 1. The Bertz CT molecular complexity index is 654. The number of anilines is 1. The van der Waals surface area contributed by atoms with Gasteiger partial charge >= 0.3 is 0 Å². The van der Waals surface area contributed by atoms with Gasteiger partial charge in [-0.15, -0.1) is 11.3 Å². The predicted molar refractivity (Wildman–Crippen MR) is 83.3 cm³/mol. The van der Waals surface area contributed by atoms with Crippen LogP contribution >= 0.6 is 11.3 Å². The Morgan fingerprint density at radius 2 is 2.10 bits per heavy atom. The molecule has 1 atom stereocenters. The third kappa shape index (κ3) is 2.46. The molecule has 0 amide bonds. The lowest BCUT2D eigenvalue weighted by molar-refractivity contribution is 0.00718. The molecule has 0 spiro atoms. The van der Waals surface area contributed by atoms with Crippen molar-refractivity contribution in [1.29, 1.82) is 0 Å². The van der Waals surface area contributed by atoms with E-state index in [1.54, 1.807) is 18.4 Å². The Kier molecular flexibility index (Phi) is 3.53. The SMILES string of the molecule is COC(c1noc(-c2c(N)sc3c2CCC3)n1)C(C)(C)C. The van der Waals surface area contributed by atoms with E-state index in [1.165, 1.54) is 16.9 Å². The Morgan fingerprint density at radius 3 is 2.76 bits per heavy atom. The highest BCUT2D eigenvalue weighted by molar-refractivity contribution is 7.16. The Hall–Kier alpha value is -1.40. The second kappa shape index (κ2) is 5.10. The van der Waals surface area contributed by atoms with Crippen LogP contribution < -0.4 is 5.73 Å². The fraction of sp³-hybridized carbons (Fsp3) is 0.600. The zero-order valence-corrected chi connectivity index (χ0v) is 13.7. The van der Waals surface area contributed by atoms with Crippen LogP contribution in [0.1, 0.15) is 49.6 Å². The Balaban J connectivity index is 1.99. The lowest BCUT2D eigenvalue weighted by Crippen LogP contribution is -2.21. The van der Waals surface area contributed by atoms with Crippen LogP contribution in [0.3, 0.4) is 0 Å². The normalized spacial score (nSPS) is 16.2. The minimum atomic E-state index is -0.206. The summed E-state index contributed by atoms with van der Waals surface area (Å²) in [4.78, 5) is 5.91. The van der Waals surface area contributed by atoms with Gasteiger partial charge in [-0.05, 0) is 30.2 Å². The summed E-state index contributed by atoms with van der Waals surface area (Å²) in [5.74, 6) is 1.10. The lowest BCUT2D eigenvalue weighted by Gasteiger charge is -2.26. The fourth-order valence-corrected chi connectivity index (χ4v) is 4.10. The average molecular weight is 307 g/mol. The van der Waals surface area contributed by atoms with Crippen molar-refractivity contribution in [1.82, 2.24) is 10.1 Å². The van der Waals surface area contributed by atoms with Gasteiger partial charge in [0.15, 0.2) is 0 Å². The van der Waals surface area contributed by atoms with Crippen molar-refractivity contribution >= 4 is 16.3 Å². The summed E-state index contributed by atoms with van der Waals surface area (Å²) in [6.45, 7) is 6.27. The maximum atomic E-state index is 6.15. The van der Waals surface area contributed by atoms with Gasteiger partial charge in [0.25, 0.3) is 5.89 Å². The van der Waals surface area contributed by atoms with E-state index in [2.05, 4.69) is 30.9 Å². The zero-order chi connectivity index (χ0) is 15.2. The molecule has 0 bridgehead atoms. The molecule has 1 aliphatic carbocycles. The maximum absolute atomic E-state index is 6.15. The van der Waals surface area contributed by atoms with Crippen molar-refractivity contribution in [3.63, 3.8) is 0 Å². The number of rotatable bonds is 3. The summed E-state index contributed by atoms with van der Waals surface area (Å²) in [5.41, 5.74) is 8.28. The van der Waals surface area contributed by atoms with E-state index < -0.39 is 0 Å². The summed E-state index contributed by atoms with van der Waals surface area (Å²) < 4.78 is 11.0. The molecule has 1 unspecified atom stereocenters. The summed E-state index contributed by atoms with van der Waals surface area (Å²) in [6, 6.07) is 0. The largest absolute Gasteiger partial charge is 0.390 e. The lowest BCUT2D eigenvalue weighted by atomic mass is 9.88. The average Bonchev–Trinajstić information content (AvgIpc) is 3.04. The maximum Gasteiger partial charge on any atom is 0.261 e. The molecular formula is C15H21N3O2S. The van der Waals surface area contributed by atoms with E-state index in [9.17, 15) is 0 Å². The molecule has 0 radical (unpaired) electrons. The van der Waals surface area contributed by atoms with Crippen molar-refractivity contribution in [2.45, 2.75) is 46.1 Å². The van der Waals surface area contributed by atoms with Crippen LogP contribution in [-0.4, -0.2) is 17.3 Å². The van der Waals surface area contributed by atoms with Gasteiger partial charge in [0, 0.05) is 12.0 Å². The first kappa shape index (κ1) is 14.5. The molecular weight excluding hydrogens is 286 g/mol. The molecule has 0 aliphatic heterocycles. The third-order valence-electron chi connectivity index (χ3n) is 3.86. The van der Waals surface area contributed by atoms with Crippen LogP contribution in [0.2, 0.25) is 0 Å². The second-order valence-corrected chi connectivity index (χ2v) is 7.67. The van der Waals surface area contributed by atoms with E-state index in [-0.39, 0.29) is 11.5 Å². The summed E-state index contributed by atoms with van der Waals surface area (Å²) in [5, 5.41) is 4.89. The number of thiophene rings is 1. The van der Waals surface area contributed by atoms with Gasteiger partial charge in [-0.25, -0.2) is 0 Å². The van der Waals surface area contributed by atoms with Gasteiger partial charge in [-0.1, -0.05) is 25.9 Å². The number of nitrogens with zero attached hydrogens (tertiary/aromatic N) is 2. The van der Waals surface area contributed by atoms with Crippen molar-refractivity contribution in [3.05, 3.63) is 16.3 Å². The van der Waals surface area contributed by atoms with Crippen molar-refractivity contribution < 1.29 is 9.26 Å². The highest BCUT2D eigenvalue weighted by Crippen LogP contribution is 2.43. The molecule has 114 valence electrons. The molecule has 2 aromatic heterocycles. The predicted octanol–water partition coefficient (Wildman–Crippen LogP) is 3.60. The number of aryl methyl sites for hydroxylation is 1. The number of hydrogen-bond donors (Lipinski definition) is 1. The van der Waals surface area contributed by atoms with E-state index in [1.807, 2.05) is 0 Å². The topological polar surface area (TPSA) is 74.2 Å². The van der Waals surface area contributed by atoms with Gasteiger partial charge in [0.1, 0.15) is 6.10 Å². The molecule has 3 rings (SSSR count). The van der Waals surface area contributed by atoms with Gasteiger partial charge in [0.2, 0.25) is 5.82 Å². The minimum absolute atomic E-state index is 0.0992. The molecule has 0 saturated heterocycles. The zero-order valence-electron chi connectivity index (χ0n) is 12.9. The highest BCUT2D eigenvalue weighted by atomic mass is 32.1. The fourth-order valence-electron chi connectivity index (χ4n) is 2.95. The standard InChI is InChI=1S/C15H21N3O2S/c1-15(2,3)11(19-4)13-17-14(20-18-13)10-8-6-5-7-9(8)21-12(10)16/h11H,5-7,16H2,1-4H3. The molecule has 0 fully saturated rings. The highest BCUT2D eigenvalue weighted by Gasteiger charge is 2.32. The molecule has 0 aromatic carbocycles. The first-order valence-electron chi connectivity index (χ1n) is 7.18. The van der Waals surface area contributed by atoms with Crippen LogP contribution in [0.4, 0.5) is 5.00 Å². The van der Waals surface area contributed by atoms with Crippen molar-refractivity contribution in [3.8, 4) is 11.5 Å². The number of nitrogens with two attached hydrogens (primary N) is 1. The van der Waals surface area contributed by atoms with Gasteiger partial charge in [-0.3, -0.25) is 0 Å². The van der Waals surface area contributed by atoms with Crippen molar-refractivity contribution in [2.24, 2.45) is 5.41 Å². The molecule has 2 N–H and O–H groups in total. The Labute approximate surface area is 128 Å². The molecule has 2 heterocycles. The van der Waals surface area contributed by atoms with Crippen LogP contribution in [-0.2, 0) is 17.6 Å². The molecule has 2 aromatic rings. The van der Waals surface area contributed by atoms with Crippen LogP contribution in [0.25, 0.3) is 11.5 Å². The van der Waals surface area contributed by atoms with E-state index >= 15 is 0 Å². The number of hydrogen-bond acceptors (Lipinski definition) is 6. The first-order chi connectivity index (χ1) is 9.91. The monoisotopic (exact) mass is 307 g/mol. The van der Waals surface area contributed by atoms with Crippen LogP contribution in [0.15, 0.2) is 4.52 Å². The summed E-state index contributed by atoms with van der Waals surface area (Å²) in [6.07, 6.45) is 3.12. The summed E-state index contributed by atoms with van der Waals surface area (Å²) in [7, 11) is 1.67. The first-order valence-corrected chi connectivity index (χ1v) is 8.00. The van der Waals surface area contributed by atoms with Gasteiger partial charge in [0.05, 0.1) is 10.6 Å². The molecule has 5 nitrogen and oxygen atoms in total. The summed E-state index contributed by atoms with van der Waals surface area (Å²) >= 11 is 1.65. The molecule has 1 aliphatic rings. The third-order valence-corrected chi connectivity index (χ3v) is 4.98. The minimum Gasteiger partial charge on any atom is -0.390 e. The van der Waals surface area contributed by atoms with Gasteiger partial charge < -0.3 is 15.0 Å². The van der Waals surface area contributed by atoms with Crippen LogP contribution in [0.5, 0.6) is 0 Å². The Morgan fingerprint density at radius 1 is 1.33 bits per heavy atom. The smallest absolute Gasteiger partial charge is 0.261 e. The number of aromatic nitrogens is 2. The van der Waals surface area contributed by atoms with E-state index in [0.717, 1.165) is 23.4 Å². The van der Waals surface area contributed by atoms with E-state index in [0.29, 0.717) is 11.7 Å². The number of nitrogen functional groups attached to an aromatic ring is 1. The molecule has 6 heteroatoms. The number of fused-ring (bicyclic) bond motifs is 1. The van der Waals surface area contributed by atoms with Crippen molar-refractivity contribution in [2.75, 3.05) is 12.8 Å².